The Hall–Kier alpha value is -2.78. The summed E-state index contributed by atoms with van der Waals surface area (Å²) in [6.45, 7) is 1.10. The molecule has 1 unspecified atom stereocenters. The van der Waals surface area contributed by atoms with Crippen molar-refractivity contribution in [3.63, 3.8) is 0 Å². The Morgan fingerprint density at radius 1 is 1.18 bits per heavy atom. The molecule has 0 spiro atoms. The number of methoxy groups -OCH3 is 1. The predicted molar refractivity (Wildman–Crippen MR) is 98.7 cm³/mol. The monoisotopic (exact) mass is 386 g/mol. The average molecular weight is 386 g/mol. The number of imide groups is 2. The maximum Gasteiger partial charge on any atom is 0.262 e. The molecule has 0 aromatic heterocycles. The molecule has 9 nitrogen and oxygen atoms in total. The summed E-state index contributed by atoms with van der Waals surface area (Å²) >= 11 is 0. The fourth-order valence-corrected chi connectivity index (χ4v) is 4.22. The Kier molecular flexibility index (Phi) is 4.64. The van der Waals surface area contributed by atoms with Gasteiger partial charge in [0.2, 0.25) is 11.8 Å². The van der Waals surface area contributed by atoms with Crippen molar-refractivity contribution in [2.75, 3.05) is 25.1 Å². The molecule has 3 aliphatic rings. The van der Waals surface area contributed by atoms with Crippen molar-refractivity contribution >= 4 is 29.3 Å². The van der Waals surface area contributed by atoms with Crippen LogP contribution in [0.1, 0.15) is 40.0 Å². The first-order chi connectivity index (χ1) is 13.4. The van der Waals surface area contributed by atoms with Gasteiger partial charge in [0.25, 0.3) is 11.8 Å². The van der Waals surface area contributed by atoms with Gasteiger partial charge in [0.05, 0.1) is 17.2 Å². The van der Waals surface area contributed by atoms with Gasteiger partial charge in [-0.3, -0.25) is 29.4 Å². The van der Waals surface area contributed by atoms with E-state index in [2.05, 4.69) is 10.2 Å². The van der Waals surface area contributed by atoms with Crippen molar-refractivity contribution in [1.82, 2.24) is 10.2 Å². The normalized spacial score (nSPS) is 27.4. The largest absolute Gasteiger partial charge is 0.380 e. The molecule has 0 bridgehead atoms. The van der Waals surface area contributed by atoms with Gasteiger partial charge in [0.15, 0.2) is 0 Å². The van der Waals surface area contributed by atoms with E-state index in [1.54, 1.807) is 25.3 Å². The fraction of sp³-hybridized carbons (Fsp3) is 0.474. The molecule has 4 rings (SSSR count). The van der Waals surface area contributed by atoms with Crippen LogP contribution in [0.3, 0.4) is 0 Å². The van der Waals surface area contributed by atoms with Gasteiger partial charge in [-0.2, -0.15) is 0 Å². The SMILES string of the molecule is CO[C@H]1C[C@@H](CN)N(c2ccc3c(c2)C(=O)N(C2CCC(=O)NC2=O)C3=O)C1. The van der Waals surface area contributed by atoms with E-state index in [1.807, 2.05) is 0 Å². The summed E-state index contributed by atoms with van der Waals surface area (Å²) in [6, 6.07) is 4.21. The van der Waals surface area contributed by atoms with Crippen LogP contribution in [-0.2, 0) is 14.3 Å². The highest BCUT2D eigenvalue weighted by Gasteiger charge is 2.45. The number of nitrogens with two attached hydrogens (primary N) is 1. The number of ether oxygens (including phenoxy) is 1. The molecule has 1 aromatic rings. The Labute approximate surface area is 161 Å². The number of carbonyl (C=O) groups excluding carboxylic acids is 4. The van der Waals surface area contributed by atoms with Gasteiger partial charge in [-0.25, -0.2) is 0 Å². The van der Waals surface area contributed by atoms with Crippen LogP contribution in [0.15, 0.2) is 18.2 Å². The van der Waals surface area contributed by atoms with Crippen molar-refractivity contribution in [2.24, 2.45) is 5.73 Å². The van der Waals surface area contributed by atoms with E-state index in [9.17, 15) is 19.2 Å². The Bertz CT molecular complexity index is 870. The lowest BCUT2D eigenvalue weighted by Crippen LogP contribution is -2.54. The third kappa shape index (κ3) is 2.87. The van der Waals surface area contributed by atoms with Gasteiger partial charge >= 0.3 is 0 Å². The third-order valence-electron chi connectivity index (χ3n) is 5.74. The lowest BCUT2D eigenvalue weighted by Gasteiger charge is -2.27. The molecule has 0 saturated carbocycles. The van der Waals surface area contributed by atoms with Gasteiger partial charge in [0, 0.05) is 38.3 Å². The first kappa shape index (κ1) is 18.6. The second kappa shape index (κ2) is 6.99. The number of piperidine rings is 1. The smallest absolute Gasteiger partial charge is 0.262 e. The van der Waals surface area contributed by atoms with Crippen LogP contribution in [0, 0.1) is 0 Å². The van der Waals surface area contributed by atoms with Gasteiger partial charge < -0.3 is 15.4 Å². The van der Waals surface area contributed by atoms with Crippen LogP contribution in [0.2, 0.25) is 0 Å². The molecule has 2 fully saturated rings. The minimum Gasteiger partial charge on any atom is -0.380 e. The van der Waals surface area contributed by atoms with Crippen LogP contribution >= 0.6 is 0 Å². The van der Waals surface area contributed by atoms with Gasteiger partial charge in [-0.1, -0.05) is 0 Å². The molecule has 3 N–H and O–H groups in total. The van der Waals surface area contributed by atoms with E-state index in [-0.39, 0.29) is 36.1 Å². The van der Waals surface area contributed by atoms with E-state index < -0.39 is 29.7 Å². The molecule has 148 valence electrons. The van der Waals surface area contributed by atoms with E-state index in [0.717, 1.165) is 17.0 Å². The summed E-state index contributed by atoms with van der Waals surface area (Å²) in [6.07, 6.45) is 1.08. The van der Waals surface area contributed by atoms with Crippen LogP contribution in [-0.4, -0.2) is 66.9 Å². The van der Waals surface area contributed by atoms with Crippen molar-refractivity contribution in [3.8, 4) is 0 Å². The van der Waals surface area contributed by atoms with Gasteiger partial charge in [0.1, 0.15) is 6.04 Å². The Balaban J connectivity index is 1.63. The van der Waals surface area contributed by atoms with E-state index in [4.69, 9.17) is 10.5 Å². The number of benzene rings is 1. The van der Waals surface area contributed by atoms with Crippen LogP contribution in [0.5, 0.6) is 0 Å². The fourth-order valence-electron chi connectivity index (χ4n) is 4.22. The molecular weight excluding hydrogens is 364 g/mol. The maximum absolute atomic E-state index is 12.9. The average Bonchev–Trinajstić information content (AvgIpc) is 3.22. The highest BCUT2D eigenvalue weighted by molar-refractivity contribution is 6.23. The lowest BCUT2D eigenvalue weighted by atomic mass is 10.0. The van der Waals surface area contributed by atoms with E-state index >= 15 is 0 Å². The summed E-state index contributed by atoms with van der Waals surface area (Å²) < 4.78 is 5.44. The minimum atomic E-state index is -0.963. The zero-order valence-corrected chi connectivity index (χ0v) is 15.5. The molecule has 3 aliphatic heterocycles. The number of nitrogens with zero attached hydrogens (tertiary/aromatic N) is 2. The van der Waals surface area contributed by atoms with Crippen LogP contribution < -0.4 is 16.0 Å². The van der Waals surface area contributed by atoms with E-state index in [1.165, 1.54) is 0 Å². The number of anilines is 1. The van der Waals surface area contributed by atoms with Crippen LogP contribution in [0.25, 0.3) is 0 Å². The standard InChI is InChI=1S/C19H22N4O5/c1-28-12-6-11(8-20)22(9-12)10-2-3-13-14(7-10)19(27)23(18(13)26)15-4-5-16(24)21-17(15)25/h2-3,7,11-12,15H,4-6,8-9,20H2,1H3,(H,21,24,25)/t11-,12-,15?/m0/s1. The highest BCUT2D eigenvalue weighted by atomic mass is 16.5. The zero-order chi connectivity index (χ0) is 20.0. The summed E-state index contributed by atoms with van der Waals surface area (Å²) in [4.78, 5) is 52.3. The summed E-state index contributed by atoms with van der Waals surface area (Å²) in [5.41, 5.74) is 7.22. The first-order valence-corrected chi connectivity index (χ1v) is 9.29. The quantitative estimate of drug-likeness (QED) is 0.678. The van der Waals surface area contributed by atoms with Crippen molar-refractivity contribution in [2.45, 2.75) is 37.5 Å². The number of rotatable bonds is 4. The third-order valence-corrected chi connectivity index (χ3v) is 5.74. The molecule has 0 radical (unpaired) electrons. The second-order valence-electron chi connectivity index (χ2n) is 7.31. The topological polar surface area (TPSA) is 122 Å². The molecule has 3 atom stereocenters. The molecular formula is C19H22N4O5. The number of hydrogen-bond acceptors (Lipinski definition) is 7. The number of amides is 4. The van der Waals surface area contributed by atoms with Gasteiger partial charge in [-0.15, -0.1) is 0 Å². The van der Waals surface area contributed by atoms with Crippen molar-refractivity contribution in [3.05, 3.63) is 29.3 Å². The number of carbonyl (C=O) groups is 4. The lowest BCUT2D eigenvalue weighted by molar-refractivity contribution is -0.136. The minimum absolute atomic E-state index is 0.0547. The van der Waals surface area contributed by atoms with Crippen molar-refractivity contribution < 1.29 is 23.9 Å². The Morgan fingerprint density at radius 3 is 2.61 bits per heavy atom. The molecule has 3 heterocycles. The predicted octanol–water partition coefficient (Wildman–Crippen LogP) is -0.360. The molecule has 9 heteroatoms. The number of fused-ring (bicyclic) bond motifs is 1. The van der Waals surface area contributed by atoms with Gasteiger partial charge in [-0.05, 0) is 31.0 Å². The molecule has 0 aliphatic carbocycles. The molecule has 28 heavy (non-hydrogen) atoms. The number of nitrogens with one attached hydrogen (secondary N) is 1. The highest BCUT2D eigenvalue weighted by Crippen LogP contribution is 2.33. The first-order valence-electron chi connectivity index (χ1n) is 9.29. The molecule has 2 saturated heterocycles. The summed E-state index contributed by atoms with van der Waals surface area (Å²) in [7, 11) is 1.66. The van der Waals surface area contributed by atoms with Crippen LogP contribution in [0.4, 0.5) is 5.69 Å². The molecule has 4 amide bonds. The van der Waals surface area contributed by atoms with E-state index in [0.29, 0.717) is 13.1 Å². The second-order valence-corrected chi connectivity index (χ2v) is 7.31. The Morgan fingerprint density at radius 2 is 1.93 bits per heavy atom. The molecule has 1 aromatic carbocycles. The maximum atomic E-state index is 12.9. The summed E-state index contributed by atoms with van der Waals surface area (Å²) in [5, 5.41) is 2.19. The zero-order valence-electron chi connectivity index (χ0n) is 15.5. The number of hydrogen-bond donors (Lipinski definition) is 2. The summed E-state index contributed by atoms with van der Waals surface area (Å²) in [5.74, 6) is -2.03. The van der Waals surface area contributed by atoms with Crippen molar-refractivity contribution in [1.29, 1.82) is 0 Å².